The standard InChI is InChI=1S/C14H21ClN2O3S/c1-11-10-17(6-3-7-20-11)21(18,19)13-5-4-12(9-16-2)14(15)8-13/h4-5,8,11,16H,3,6-7,9-10H2,1-2H3. The third kappa shape index (κ3) is 3.96. The predicted octanol–water partition coefficient (Wildman–Crippen LogP) is 1.86. The molecule has 1 N–H and O–H groups in total. The Bertz CT molecular complexity index is 592. The van der Waals surface area contributed by atoms with Crippen LogP contribution in [0.5, 0.6) is 0 Å². The molecule has 0 bridgehead atoms. The summed E-state index contributed by atoms with van der Waals surface area (Å²) in [6.07, 6.45) is 0.608. The maximum atomic E-state index is 12.7. The largest absolute Gasteiger partial charge is 0.377 e. The van der Waals surface area contributed by atoms with Gasteiger partial charge in [-0.15, -0.1) is 0 Å². The molecule has 1 aromatic rings. The normalized spacial score (nSPS) is 21.2. The molecular weight excluding hydrogens is 312 g/mol. The Morgan fingerprint density at radius 1 is 1.48 bits per heavy atom. The van der Waals surface area contributed by atoms with E-state index in [1.807, 2.05) is 14.0 Å². The maximum Gasteiger partial charge on any atom is 0.243 e. The maximum absolute atomic E-state index is 12.7. The van der Waals surface area contributed by atoms with Crippen LogP contribution >= 0.6 is 11.6 Å². The number of nitrogens with zero attached hydrogens (tertiary/aromatic N) is 1. The van der Waals surface area contributed by atoms with Gasteiger partial charge in [0.25, 0.3) is 0 Å². The van der Waals surface area contributed by atoms with Gasteiger partial charge >= 0.3 is 0 Å². The van der Waals surface area contributed by atoms with Gasteiger partial charge < -0.3 is 10.1 Å². The number of benzene rings is 1. The van der Waals surface area contributed by atoms with Gasteiger partial charge in [-0.05, 0) is 38.1 Å². The minimum Gasteiger partial charge on any atom is -0.377 e. The fourth-order valence-corrected chi connectivity index (χ4v) is 4.24. The molecule has 1 fully saturated rings. The van der Waals surface area contributed by atoms with Gasteiger partial charge in [-0.2, -0.15) is 4.31 Å². The van der Waals surface area contributed by atoms with Crippen molar-refractivity contribution in [3.8, 4) is 0 Å². The molecule has 0 spiro atoms. The van der Waals surface area contributed by atoms with Crippen molar-refractivity contribution < 1.29 is 13.2 Å². The van der Waals surface area contributed by atoms with Crippen molar-refractivity contribution in [3.05, 3.63) is 28.8 Å². The van der Waals surface area contributed by atoms with E-state index in [1.54, 1.807) is 12.1 Å². The van der Waals surface area contributed by atoms with Crippen molar-refractivity contribution in [2.45, 2.75) is 30.9 Å². The summed E-state index contributed by atoms with van der Waals surface area (Å²) in [7, 11) is -1.70. The molecule has 5 nitrogen and oxygen atoms in total. The van der Waals surface area contributed by atoms with Gasteiger partial charge in [0.1, 0.15) is 0 Å². The van der Waals surface area contributed by atoms with Gasteiger partial charge in [0.15, 0.2) is 0 Å². The summed E-state index contributed by atoms with van der Waals surface area (Å²) in [5, 5.41) is 3.46. The average Bonchev–Trinajstić information content (AvgIpc) is 2.66. The van der Waals surface area contributed by atoms with Crippen molar-refractivity contribution in [2.75, 3.05) is 26.7 Å². The van der Waals surface area contributed by atoms with Crippen LogP contribution in [0.4, 0.5) is 0 Å². The topological polar surface area (TPSA) is 58.6 Å². The second kappa shape index (κ2) is 7.07. The Kier molecular flexibility index (Phi) is 5.62. The van der Waals surface area contributed by atoms with E-state index in [-0.39, 0.29) is 11.0 Å². The van der Waals surface area contributed by atoms with Gasteiger partial charge in [-0.1, -0.05) is 17.7 Å². The van der Waals surface area contributed by atoms with E-state index in [2.05, 4.69) is 5.32 Å². The van der Waals surface area contributed by atoms with E-state index in [0.717, 1.165) is 5.56 Å². The first-order valence-electron chi connectivity index (χ1n) is 7.00. The Balaban J connectivity index is 2.28. The molecule has 1 atom stereocenters. The quantitative estimate of drug-likeness (QED) is 0.914. The summed E-state index contributed by atoms with van der Waals surface area (Å²) in [5.41, 5.74) is 0.880. The number of halogens is 1. The highest BCUT2D eigenvalue weighted by molar-refractivity contribution is 7.89. The molecule has 21 heavy (non-hydrogen) atoms. The summed E-state index contributed by atoms with van der Waals surface area (Å²) < 4.78 is 32.4. The first-order chi connectivity index (χ1) is 9.95. The van der Waals surface area contributed by atoms with Gasteiger partial charge in [0.05, 0.1) is 11.0 Å². The Morgan fingerprint density at radius 2 is 2.24 bits per heavy atom. The number of nitrogens with one attached hydrogen (secondary N) is 1. The smallest absolute Gasteiger partial charge is 0.243 e. The highest BCUT2D eigenvalue weighted by Gasteiger charge is 2.28. The molecule has 1 aliphatic heterocycles. The number of hydrogen-bond donors (Lipinski definition) is 1. The summed E-state index contributed by atoms with van der Waals surface area (Å²) in [4.78, 5) is 0.237. The van der Waals surface area contributed by atoms with Crippen LogP contribution in [0.2, 0.25) is 5.02 Å². The van der Waals surface area contributed by atoms with Crippen molar-refractivity contribution in [1.29, 1.82) is 0 Å². The van der Waals surface area contributed by atoms with Gasteiger partial charge in [0, 0.05) is 31.3 Å². The minimum absolute atomic E-state index is 0.0960. The van der Waals surface area contributed by atoms with E-state index in [0.29, 0.717) is 37.7 Å². The van der Waals surface area contributed by atoms with Crippen LogP contribution in [0.3, 0.4) is 0 Å². The van der Waals surface area contributed by atoms with Crippen molar-refractivity contribution in [3.63, 3.8) is 0 Å². The SMILES string of the molecule is CNCc1ccc(S(=O)(=O)N2CCCOC(C)C2)cc1Cl. The molecule has 0 aromatic heterocycles. The third-order valence-electron chi connectivity index (χ3n) is 3.44. The number of hydrogen-bond acceptors (Lipinski definition) is 4. The van der Waals surface area contributed by atoms with Crippen LogP contribution in [0.1, 0.15) is 18.9 Å². The number of sulfonamides is 1. The van der Waals surface area contributed by atoms with E-state index in [1.165, 1.54) is 10.4 Å². The average molecular weight is 333 g/mol. The zero-order valence-electron chi connectivity index (χ0n) is 12.3. The summed E-state index contributed by atoms with van der Waals surface area (Å²) in [6.45, 7) is 3.93. The molecule has 0 amide bonds. The molecule has 0 saturated carbocycles. The van der Waals surface area contributed by atoms with Crippen LogP contribution in [0, 0.1) is 0 Å². The highest BCUT2D eigenvalue weighted by atomic mass is 35.5. The molecule has 1 heterocycles. The van der Waals surface area contributed by atoms with Crippen LogP contribution in [-0.2, 0) is 21.3 Å². The first kappa shape index (κ1) is 16.7. The fraction of sp³-hybridized carbons (Fsp3) is 0.571. The van der Waals surface area contributed by atoms with E-state index in [9.17, 15) is 8.42 Å². The molecule has 1 aromatic carbocycles. The lowest BCUT2D eigenvalue weighted by molar-refractivity contribution is 0.0752. The molecule has 1 unspecified atom stereocenters. The van der Waals surface area contributed by atoms with Crippen LogP contribution in [-0.4, -0.2) is 45.6 Å². The Labute approximate surface area is 131 Å². The Morgan fingerprint density at radius 3 is 2.90 bits per heavy atom. The molecule has 0 radical (unpaired) electrons. The summed E-state index contributed by atoms with van der Waals surface area (Å²) in [5.74, 6) is 0. The lowest BCUT2D eigenvalue weighted by Crippen LogP contribution is -2.35. The molecule has 1 aliphatic rings. The minimum atomic E-state index is -3.52. The number of rotatable bonds is 4. The van der Waals surface area contributed by atoms with Crippen LogP contribution in [0.15, 0.2) is 23.1 Å². The summed E-state index contributed by atoms with van der Waals surface area (Å²) >= 11 is 6.17. The summed E-state index contributed by atoms with van der Waals surface area (Å²) in [6, 6.07) is 4.90. The monoisotopic (exact) mass is 332 g/mol. The molecule has 2 rings (SSSR count). The lowest BCUT2D eigenvalue weighted by Gasteiger charge is -2.22. The zero-order valence-corrected chi connectivity index (χ0v) is 13.9. The van der Waals surface area contributed by atoms with Crippen LogP contribution in [0.25, 0.3) is 0 Å². The predicted molar refractivity (Wildman–Crippen MR) is 83.0 cm³/mol. The molecule has 118 valence electrons. The van der Waals surface area contributed by atoms with Gasteiger partial charge in [-0.3, -0.25) is 0 Å². The molecular formula is C14H21ClN2O3S. The number of ether oxygens (including phenoxy) is 1. The van der Waals surface area contributed by atoms with Gasteiger partial charge in [-0.25, -0.2) is 8.42 Å². The molecule has 1 saturated heterocycles. The van der Waals surface area contributed by atoms with E-state index in [4.69, 9.17) is 16.3 Å². The highest BCUT2D eigenvalue weighted by Crippen LogP contribution is 2.24. The van der Waals surface area contributed by atoms with Crippen molar-refractivity contribution in [1.82, 2.24) is 9.62 Å². The second-order valence-electron chi connectivity index (χ2n) is 5.18. The molecule has 0 aliphatic carbocycles. The molecule has 7 heteroatoms. The Hall–Kier alpha value is -0.660. The van der Waals surface area contributed by atoms with Gasteiger partial charge in [0.2, 0.25) is 10.0 Å². The fourth-order valence-electron chi connectivity index (χ4n) is 2.35. The van der Waals surface area contributed by atoms with Crippen molar-refractivity contribution >= 4 is 21.6 Å². The van der Waals surface area contributed by atoms with Crippen molar-refractivity contribution in [2.24, 2.45) is 0 Å². The first-order valence-corrected chi connectivity index (χ1v) is 8.81. The zero-order chi connectivity index (χ0) is 15.5. The lowest BCUT2D eigenvalue weighted by atomic mass is 10.2. The van der Waals surface area contributed by atoms with E-state index < -0.39 is 10.0 Å². The second-order valence-corrected chi connectivity index (χ2v) is 7.53. The van der Waals surface area contributed by atoms with Crippen LogP contribution < -0.4 is 5.32 Å². The third-order valence-corrected chi connectivity index (χ3v) is 5.66. The van der Waals surface area contributed by atoms with E-state index >= 15 is 0 Å².